The van der Waals surface area contributed by atoms with Crippen LogP contribution in [0.1, 0.15) is 25.3 Å². The molecule has 0 bridgehead atoms. The zero-order valence-electron chi connectivity index (χ0n) is 12.4. The Morgan fingerprint density at radius 3 is 2.57 bits per heavy atom. The van der Waals surface area contributed by atoms with Crippen LogP contribution in [-0.2, 0) is 9.84 Å². The van der Waals surface area contributed by atoms with Crippen molar-refractivity contribution in [3.63, 3.8) is 0 Å². The third-order valence-electron chi connectivity index (χ3n) is 4.06. The van der Waals surface area contributed by atoms with Crippen molar-refractivity contribution in [1.29, 1.82) is 0 Å². The van der Waals surface area contributed by atoms with Gasteiger partial charge in [0.1, 0.15) is 12.1 Å². The van der Waals surface area contributed by atoms with Crippen molar-refractivity contribution in [1.82, 2.24) is 9.97 Å². The second-order valence-electron chi connectivity index (χ2n) is 5.99. The largest absolute Gasteiger partial charge is 0.353 e. The van der Waals surface area contributed by atoms with Crippen molar-refractivity contribution in [3.8, 4) is 0 Å². The molecule has 1 aromatic carbocycles. The third-order valence-corrected chi connectivity index (χ3v) is 5.57. The lowest BCUT2D eigenvalue weighted by Crippen LogP contribution is -2.54. The van der Waals surface area contributed by atoms with Crippen molar-refractivity contribution in [2.45, 2.75) is 25.0 Å². The van der Waals surface area contributed by atoms with Crippen molar-refractivity contribution in [3.05, 3.63) is 30.1 Å². The number of aromatic nitrogens is 2. The first-order valence-corrected chi connectivity index (χ1v) is 9.00. The minimum absolute atomic E-state index is 0.282. The molecule has 0 saturated carbocycles. The van der Waals surface area contributed by atoms with Crippen molar-refractivity contribution >= 4 is 26.6 Å². The normalized spacial score (nSPS) is 16.5. The fraction of sp³-hybridized carbons (Fsp3) is 0.467. The van der Waals surface area contributed by atoms with Gasteiger partial charge in [-0.15, -0.1) is 0 Å². The van der Waals surface area contributed by atoms with E-state index in [1.807, 2.05) is 11.0 Å². The highest BCUT2D eigenvalue weighted by molar-refractivity contribution is 7.91. The van der Waals surface area contributed by atoms with Gasteiger partial charge in [0.05, 0.1) is 10.8 Å². The van der Waals surface area contributed by atoms with Gasteiger partial charge in [-0.3, -0.25) is 0 Å². The highest BCUT2D eigenvalue weighted by Gasteiger charge is 2.35. The number of hydrogen-bond acceptors (Lipinski definition) is 5. The fourth-order valence-electron chi connectivity index (χ4n) is 2.55. The minimum Gasteiger partial charge on any atom is -0.353 e. The summed E-state index contributed by atoms with van der Waals surface area (Å²) in [5.41, 5.74) is 2.13. The standard InChI is InChI=1S/C15H19N3O2S/c1-10(2)11-4-5-14-13(6-11)15(17-9-16-14)18-7-12(8-18)21(3,19)20/h4-6,9-10,12H,7-8H2,1-3H3. The molecule has 0 aliphatic carbocycles. The number of rotatable bonds is 3. The zero-order valence-corrected chi connectivity index (χ0v) is 13.3. The van der Waals surface area contributed by atoms with Crippen LogP contribution in [0.15, 0.2) is 24.5 Å². The van der Waals surface area contributed by atoms with Crippen LogP contribution < -0.4 is 4.90 Å². The Hall–Kier alpha value is -1.69. The Bertz CT molecular complexity index is 781. The fourth-order valence-corrected chi connectivity index (χ4v) is 3.46. The molecule has 2 aromatic rings. The first-order chi connectivity index (χ1) is 9.86. The Balaban J connectivity index is 1.98. The second kappa shape index (κ2) is 4.94. The molecule has 1 aliphatic heterocycles. The molecule has 1 fully saturated rings. The average molecular weight is 305 g/mol. The average Bonchev–Trinajstić information content (AvgIpc) is 2.35. The van der Waals surface area contributed by atoms with Crippen LogP contribution in [0, 0.1) is 0 Å². The van der Waals surface area contributed by atoms with E-state index in [0.29, 0.717) is 19.0 Å². The molecule has 1 saturated heterocycles. The lowest BCUT2D eigenvalue weighted by Gasteiger charge is -2.39. The van der Waals surface area contributed by atoms with Crippen LogP contribution in [0.5, 0.6) is 0 Å². The minimum atomic E-state index is -2.97. The Morgan fingerprint density at radius 2 is 1.95 bits per heavy atom. The quantitative estimate of drug-likeness (QED) is 0.867. The molecule has 0 atom stereocenters. The monoisotopic (exact) mass is 305 g/mol. The van der Waals surface area contributed by atoms with E-state index in [-0.39, 0.29) is 5.25 Å². The summed E-state index contributed by atoms with van der Waals surface area (Å²) in [4.78, 5) is 10.7. The Labute approximate surface area is 124 Å². The molecule has 1 aromatic heterocycles. The third kappa shape index (κ3) is 2.60. The molecule has 0 spiro atoms. The number of fused-ring (bicyclic) bond motifs is 1. The van der Waals surface area contributed by atoms with E-state index in [1.54, 1.807) is 6.33 Å². The van der Waals surface area contributed by atoms with Crippen LogP contribution in [0.4, 0.5) is 5.82 Å². The van der Waals surface area contributed by atoms with E-state index < -0.39 is 9.84 Å². The van der Waals surface area contributed by atoms with Gasteiger partial charge in [-0.25, -0.2) is 18.4 Å². The van der Waals surface area contributed by atoms with E-state index in [1.165, 1.54) is 11.8 Å². The number of sulfone groups is 1. The molecule has 6 heteroatoms. The van der Waals surface area contributed by atoms with E-state index in [9.17, 15) is 8.42 Å². The molecule has 0 amide bonds. The first-order valence-electron chi connectivity index (χ1n) is 7.04. The molecule has 0 N–H and O–H groups in total. The molecule has 2 heterocycles. The molecule has 1 aliphatic rings. The van der Waals surface area contributed by atoms with Gasteiger partial charge in [-0.1, -0.05) is 19.9 Å². The second-order valence-corrected chi connectivity index (χ2v) is 8.31. The van der Waals surface area contributed by atoms with E-state index in [4.69, 9.17) is 0 Å². The van der Waals surface area contributed by atoms with Gasteiger partial charge in [0.2, 0.25) is 0 Å². The highest BCUT2D eigenvalue weighted by Crippen LogP contribution is 2.30. The molecule has 112 valence electrons. The van der Waals surface area contributed by atoms with Crippen molar-refractivity contribution < 1.29 is 8.42 Å². The summed E-state index contributed by atoms with van der Waals surface area (Å²) in [6.07, 6.45) is 2.84. The molecule has 5 nitrogen and oxygen atoms in total. The van der Waals surface area contributed by atoms with Gasteiger partial charge in [0, 0.05) is 24.7 Å². The van der Waals surface area contributed by atoms with Crippen LogP contribution in [0.3, 0.4) is 0 Å². The Kier molecular flexibility index (Phi) is 3.36. The molecular weight excluding hydrogens is 286 g/mol. The summed E-state index contributed by atoms with van der Waals surface area (Å²) in [6.45, 7) is 5.32. The predicted octanol–water partition coefficient (Wildman–Crippen LogP) is 1.99. The Morgan fingerprint density at radius 1 is 1.24 bits per heavy atom. The van der Waals surface area contributed by atoms with Gasteiger partial charge in [-0.2, -0.15) is 0 Å². The lowest BCUT2D eigenvalue weighted by molar-refractivity contribution is 0.545. The van der Waals surface area contributed by atoms with Gasteiger partial charge in [0.25, 0.3) is 0 Å². The molecule has 21 heavy (non-hydrogen) atoms. The first kappa shape index (κ1) is 14.3. The summed E-state index contributed by atoms with van der Waals surface area (Å²) in [5.74, 6) is 1.27. The maximum absolute atomic E-state index is 11.5. The maximum Gasteiger partial charge on any atom is 0.153 e. The van der Waals surface area contributed by atoms with Crippen LogP contribution in [0.25, 0.3) is 10.9 Å². The predicted molar refractivity (Wildman–Crippen MR) is 84.5 cm³/mol. The molecule has 0 radical (unpaired) electrons. The lowest BCUT2D eigenvalue weighted by atomic mass is 10.0. The van der Waals surface area contributed by atoms with Gasteiger partial charge < -0.3 is 4.90 Å². The summed E-state index contributed by atoms with van der Waals surface area (Å²) >= 11 is 0. The smallest absolute Gasteiger partial charge is 0.153 e. The van der Waals surface area contributed by atoms with Crippen LogP contribution in [-0.4, -0.2) is 43.0 Å². The molecule has 3 rings (SSSR count). The van der Waals surface area contributed by atoms with Crippen LogP contribution >= 0.6 is 0 Å². The van der Waals surface area contributed by atoms with Crippen molar-refractivity contribution in [2.24, 2.45) is 0 Å². The molecule has 0 unspecified atom stereocenters. The number of anilines is 1. The van der Waals surface area contributed by atoms with Gasteiger partial charge in [0.15, 0.2) is 9.84 Å². The topological polar surface area (TPSA) is 63.2 Å². The highest BCUT2D eigenvalue weighted by atomic mass is 32.2. The zero-order chi connectivity index (χ0) is 15.2. The van der Waals surface area contributed by atoms with Gasteiger partial charge >= 0.3 is 0 Å². The maximum atomic E-state index is 11.5. The van der Waals surface area contributed by atoms with Gasteiger partial charge in [-0.05, 0) is 23.6 Å². The summed E-state index contributed by atoms with van der Waals surface area (Å²) in [5, 5.41) is 0.714. The van der Waals surface area contributed by atoms with E-state index in [0.717, 1.165) is 16.7 Å². The molecular formula is C15H19N3O2S. The van der Waals surface area contributed by atoms with E-state index in [2.05, 4.69) is 35.9 Å². The number of hydrogen-bond donors (Lipinski definition) is 0. The number of benzene rings is 1. The number of nitrogens with zero attached hydrogens (tertiary/aromatic N) is 3. The van der Waals surface area contributed by atoms with E-state index >= 15 is 0 Å². The summed E-state index contributed by atoms with van der Waals surface area (Å²) < 4.78 is 23.1. The van der Waals surface area contributed by atoms with Crippen molar-refractivity contribution in [2.75, 3.05) is 24.2 Å². The summed E-state index contributed by atoms with van der Waals surface area (Å²) in [6, 6.07) is 6.20. The summed E-state index contributed by atoms with van der Waals surface area (Å²) in [7, 11) is -2.97. The van der Waals surface area contributed by atoms with Crippen LogP contribution in [0.2, 0.25) is 0 Å². The SMILES string of the molecule is CC(C)c1ccc2ncnc(N3CC(S(C)(=O)=O)C3)c2c1.